The summed E-state index contributed by atoms with van der Waals surface area (Å²) in [5.41, 5.74) is 0. The summed E-state index contributed by atoms with van der Waals surface area (Å²) in [6.45, 7) is 4.98. The molecule has 1 aliphatic heterocycles. The minimum atomic E-state index is -3.42. The van der Waals surface area contributed by atoms with Crippen LogP contribution in [0.15, 0.2) is 0 Å². The van der Waals surface area contributed by atoms with Crippen molar-refractivity contribution in [1.82, 2.24) is 8.61 Å². The van der Waals surface area contributed by atoms with Crippen molar-refractivity contribution < 1.29 is 8.42 Å². The molecule has 0 amide bonds. The quantitative estimate of drug-likeness (QED) is 0.710. The molecule has 0 bridgehead atoms. The molecule has 0 aromatic rings. The van der Waals surface area contributed by atoms with Gasteiger partial charge in [-0.05, 0) is 12.8 Å². The SMILES string of the molecule is CCN(CC)S(=O)(=O)N1CCCC1C#N. The lowest BCUT2D eigenvalue weighted by atomic mass is 10.2. The summed E-state index contributed by atoms with van der Waals surface area (Å²) in [5.74, 6) is 0. The summed E-state index contributed by atoms with van der Waals surface area (Å²) in [5, 5.41) is 8.85. The lowest BCUT2D eigenvalue weighted by Gasteiger charge is -2.26. The fourth-order valence-corrected chi connectivity index (χ4v) is 3.63. The molecule has 1 saturated heterocycles. The van der Waals surface area contributed by atoms with Gasteiger partial charge >= 0.3 is 0 Å². The van der Waals surface area contributed by atoms with Crippen molar-refractivity contribution in [2.45, 2.75) is 32.7 Å². The van der Waals surface area contributed by atoms with Crippen LogP contribution in [-0.4, -0.2) is 42.7 Å². The monoisotopic (exact) mass is 231 g/mol. The van der Waals surface area contributed by atoms with E-state index in [1.807, 2.05) is 6.07 Å². The summed E-state index contributed by atoms with van der Waals surface area (Å²) in [6.07, 6.45) is 1.43. The Morgan fingerprint density at radius 2 is 2.07 bits per heavy atom. The Balaban J connectivity index is 2.91. The van der Waals surface area contributed by atoms with Crippen molar-refractivity contribution in [1.29, 1.82) is 5.26 Å². The fourth-order valence-electron chi connectivity index (χ4n) is 1.84. The van der Waals surface area contributed by atoms with Crippen LogP contribution >= 0.6 is 0 Å². The second-order valence-electron chi connectivity index (χ2n) is 3.49. The van der Waals surface area contributed by atoms with Gasteiger partial charge in [0, 0.05) is 19.6 Å². The maximum Gasteiger partial charge on any atom is 0.283 e. The standard InChI is InChI=1S/C9H17N3O2S/c1-3-11(4-2)15(13,14)12-7-5-6-9(12)8-10/h9H,3-7H2,1-2H3. The molecule has 15 heavy (non-hydrogen) atoms. The van der Waals surface area contributed by atoms with Gasteiger partial charge in [0.1, 0.15) is 6.04 Å². The van der Waals surface area contributed by atoms with Gasteiger partial charge in [0.05, 0.1) is 6.07 Å². The minimum absolute atomic E-state index is 0.452. The topological polar surface area (TPSA) is 64.4 Å². The summed E-state index contributed by atoms with van der Waals surface area (Å²) >= 11 is 0. The molecular weight excluding hydrogens is 214 g/mol. The first-order valence-corrected chi connectivity index (χ1v) is 6.64. The van der Waals surface area contributed by atoms with E-state index in [1.165, 1.54) is 8.61 Å². The van der Waals surface area contributed by atoms with Crippen LogP contribution in [0.25, 0.3) is 0 Å². The van der Waals surface area contributed by atoms with Gasteiger partial charge < -0.3 is 0 Å². The molecule has 1 fully saturated rings. The highest BCUT2D eigenvalue weighted by molar-refractivity contribution is 7.86. The molecule has 86 valence electrons. The van der Waals surface area contributed by atoms with Crippen molar-refractivity contribution in [3.8, 4) is 6.07 Å². The van der Waals surface area contributed by atoms with Crippen molar-refractivity contribution in [2.75, 3.05) is 19.6 Å². The molecule has 0 N–H and O–H groups in total. The number of hydrogen-bond donors (Lipinski definition) is 0. The molecule has 1 heterocycles. The third-order valence-electron chi connectivity index (χ3n) is 2.68. The lowest BCUT2D eigenvalue weighted by molar-refractivity contribution is 0.360. The van der Waals surface area contributed by atoms with Gasteiger partial charge in [-0.1, -0.05) is 13.8 Å². The molecule has 0 aromatic heterocycles. The maximum absolute atomic E-state index is 12.1. The highest BCUT2D eigenvalue weighted by Gasteiger charge is 2.36. The van der Waals surface area contributed by atoms with E-state index in [1.54, 1.807) is 13.8 Å². The lowest BCUT2D eigenvalue weighted by Crippen LogP contribution is -2.45. The molecule has 1 rings (SSSR count). The second kappa shape index (κ2) is 4.92. The maximum atomic E-state index is 12.1. The van der Waals surface area contributed by atoms with Gasteiger partial charge in [-0.2, -0.15) is 22.3 Å². The van der Waals surface area contributed by atoms with E-state index in [0.717, 1.165) is 6.42 Å². The number of hydrogen-bond acceptors (Lipinski definition) is 3. The largest absolute Gasteiger partial charge is 0.283 e. The van der Waals surface area contributed by atoms with E-state index in [0.29, 0.717) is 26.1 Å². The van der Waals surface area contributed by atoms with Gasteiger partial charge in [-0.25, -0.2) is 0 Å². The molecule has 1 atom stereocenters. The highest BCUT2D eigenvalue weighted by atomic mass is 32.2. The molecular formula is C9H17N3O2S. The third-order valence-corrected chi connectivity index (χ3v) is 4.88. The third kappa shape index (κ3) is 2.30. The van der Waals surface area contributed by atoms with Crippen LogP contribution in [0.3, 0.4) is 0 Å². The average Bonchev–Trinajstić information content (AvgIpc) is 2.67. The molecule has 1 aliphatic rings. The van der Waals surface area contributed by atoms with Gasteiger partial charge in [0.25, 0.3) is 10.2 Å². The summed E-state index contributed by atoms with van der Waals surface area (Å²) in [6, 6.07) is 1.57. The predicted molar refractivity (Wildman–Crippen MR) is 57.2 cm³/mol. The first-order chi connectivity index (χ1) is 7.07. The minimum Gasteiger partial charge on any atom is -0.197 e. The Morgan fingerprint density at radius 1 is 1.47 bits per heavy atom. The van der Waals surface area contributed by atoms with Crippen LogP contribution < -0.4 is 0 Å². The first-order valence-electron chi connectivity index (χ1n) is 5.24. The number of nitriles is 1. The number of rotatable bonds is 4. The van der Waals surface area contributed by atoms with Crippen molar-refractivity contribution >= 4 is 10.2 Å². The van der Waals surface area contributed by atoms with Crippen LogP contribution in [0.4, 0.5) is 0 Å². The zero-order valence-electron chi connectivity index (χ0n) is 9.18. The van der Waals surface area contributed by atoms with Crippen molar-refractivity contribution in [3.63, 3.8) is 0 Å². The molecule has 0 aromatic carbocycles. The first kappa shape index (κ1) is 12.4. The van der Waals surface area contributed by atoms with Gasteiger partial charge in [-0.3, -0.25) is 0 Å². The van der Waals surface area contributed by atoms with E-state index < -0.39 is 16.3 Å². The van der Waals surface area contributed by atoms with Crippen molar-refractivity contribution in [3.05, 3.63) is 0 Å². The van der Waals surface area contributed by atoms with Gasteiger partial charge in [0.15, 0.2) is 0 Å². The zero-order chi connectivity index (χ0) is 11.5. The normalized spacial score (nSPS) is 23.2. The molecule has 0 aliphatic carbocycles. The van der Waals surface area contributed by atoms with Crippen LogP contribution in [0.5, 0.6) is 0 Å². The van der Waals surface area contributed by atoms with Crippen LogP contribution in [0, 0.1) is 11.3 Å². The Labute approximate surface area is 91.5 Å². The summed E-state index contributed by atoms with van der Waals surface area (Å²) < 4.78 is 26.8. The molecule has 6 heteroatoms. The average molecular weight is 231 g/mol. The summed E-state index contributed by atoms with van der Waals surface area (Å²) in [4.78, 5) is 0. The Bertz CT molecular complexity index is 343. The predicted octanol–water partition coefficient (Wildman–Crippen LogP) is 0.561. The van der Waals surface area contributed by atoms with Gasteiger partial charge in [0.2, 0.25) is 0 Å². The van der Waals surface area contributed by atoms with Gasteiger partial charge in [-0.15, -0.1) is 0 Å². The Hall–Kier alpha value is -0.640. The highest BCUT2D eigenvalue weighted by Crippen LogP contribution is 2.22. The van der Waals surface area contributed by atoms with E-state index in [2.05, 4.69) is 0 Å². The van der Waals surface area contributed by atoms with Crippen LogP contribution in [0.1, 0.15) is 26.7 Å². The molecule has 1 unspecified atom stereocenters. The Kier molecular flexibility index (Phi) is 4.08. The van der Waals surface area contributed by atoms with E-state index >= 15 is 0 Å². The number of nitrogens with zero attached hydrogens (tertiary/aromatic N) is 3. The van der Waals surface area contributed by atoms with Crippen LogP contribution in [0.2, 0.25) is 0 Å². The zero-order valence-corrected chi connectivity index (χ0v) is 10.00. The molecule has 5 nitrogen and oxygen atoms in total. The molecule has 0 radical (unpaired) electrons. The van der Waals surface area contributed by atoms with E-state index in [9.17, 15) is 8.42 Å². The molecule has 0 saturated carbocycles. The second-order valence-corrected chi connectivity index (χ2v) is 5.37. The summed E-state index contributed by atoms with van der Waals surface area (Å²) in [7, 11) is -3.42. The smallest absolute Gasteiger partial charge is 0.197 e. The van der Waals surface area contributed by atoms with Crippen molar-refractivity contribution in [2.24, 2.45) is 0 Å². The van der Waals surface area contributed by atoms with E-state index in [-0.39, 0.29) is 0 Å². The fraction of sp³-hybridized carbons (Fsp3) is 0.889. The van der Waals surface area contributed by atoms with Crippen LogP contribution in [-0.2, 0) is 10.2 Å². The van der Waals surface area contributed by atoms with E-state index in [4.69, 9.17) is 5.26 Å². The molecule has 0 spiro atoms. The Morgan fingerprint density at radius 3 is 2.53 bits per heavy atom.